The second-order valence-corrected chi connectivity index (χ2v) is 5.99. The highest BCUT2D eigenvalue weighted by atomic mass is 16.2. The molecule has 4 heteroatoms. The molecule has 116 valence electrons. The van der Waals surface area contributed by atoms with Gasteiger partial charge in [-0.2, -0.15) is 0 Å². The lowest BCUT2D eigenvalue weighted by Crippen LogP contribution is -2.48. The van der Waals surface area contributed by atoms with Crippen LogP contribution in [0, 0.1) is 0 Å². The number of carbonyl (C=O) groups excluding carboxylic acids is 1. The van der Waals surface area contributed by atoms with Gasteiger partial charge in [0.2, 0.25) is 5.91 Å². The molecule has 0 atom stereocenters. The van der Waals surface area contributed by atoms with Gasteiger partial charge < -0.3 is 4.90 Å². The summed E-state index contributed by atoms with van der Waals surface area (Å²) >= 11 is 0. The lowest BCUT2D eigenvalue weighted by Gasteiger charge is -2.34. The number of para-hydroxylation sites is 1. The fraction of sp³-hybridized carbons (Fsp3) is 0.444. The molecule has 1 saturated heterocycles. The highest BCUT2D eigenvalue weighted by Crippen LogP contribution is 2.14. The predicted octanol–water partition coefficient (Wildman–Crippen LogP) is 2.33. The predicted molar refractivity (Wildman–Crippen MR) is 88.8 cm³/mol. The monoisotopic (exact) mass is 297 g/mol. The molecule has 1 aliphatic rings. The van der Waals surface area contributed by atoms with Crippen LogP contribution in [-0.2, 0) is 11.2 Å². The molecule has 0 radical (unpaired) electrons. The van der Waals surface area contributed by atoms with Gasteiger partial charge in [-0.05, 0) is 37.1 Å². The first-order valence-electron chi connectivity index (χ1n) is 8.04. The van der Waals surface area contributed by atoms with Crippen molar-refractivity contribution >= 4 is 16.8 Å². The number of fused-ring (bicyclic) bond motifs is 1. The molecule has 3 rings (SSSR count). The van der Waals surface area contributed by atoms with Gasteiger partial charge in [0, 0.05) is 44.7 Å². The molecular weight excluding hydrogens is 274 g/mol. The Labute approximate surface area is 131 Å². The van der Waals surface area contributed by atoms with E-state index in [1.165, 1.54) is 10.9 Å². The molecule has 0 spiro atoms. The number of piperazine rings is 1. The van der Waals surface area contributed by atoms with Crippen LogP contribution in [-0.4, -0.2) is 53.4 Å². The van der Waals surface area contributed by atoms with E-state index in [0.717, 1.165) is 51.1 Å². The van der Waals surface area contributed by atoms with Crippen LogP contribution in [0.25, 0.3) is 10.9 Å². The van der Waals surface area contributed by atoms with Crippen molar-refractivity contribution in [3.05, 3.63) is 42.1 Å². The minimum atomic E-state index is 0.196. The van der Waals surface area contributed by atoms with Crippen LogP contribution in [0.1, 0.15) is 18.9 Å². The Hall–Kier alpha value is -1.94. The van der Waals surface area contributed by atoms with Gasteiger partial charge in [-0.1, -0.05) is 18.2 Å². The third-order valence-electron chi connectivity index (χ3n) is 4.40. The molecule has 1 aliphatic heterocycles. The van der Waals surface area contributed by atoms with E-state index in [1.54, 1.807) is 6.92 Å². The molecule has 0 N–H and O–H groups in total. The highest BCUT2D eigenvalue weighted by molar-refractivity contribution is 5.78. The molecule has 1 amide bonds. The number of rotatable bonds is 4. The zero-order chi connectivity index (χ0) is 15.4. The average Bonchev–Trinajstić information content (AvgIpc) is 2.55. The fourth-order valence-electron chi connectivity index (χ4n) is 3.05. The SMILES string of the molecule is CC(=O)N1CCN(CCCc2cnc3ccccc3c2)CC1. The van der Waals surface area contributed by atoms with Gasteiger partial charge in [-0.15, -0.1) is 0 Å². The van der Waals surface area contributed by atoms with E-state index in [2.05, 4.69) is 28.1 Å². The van der Waals surface area contributed by atoms with Gasteiger partial charge in [-0.25, -0.2) is 0 Å². The molecule has 1 fully saturated rings. The normalized spacial score (nSPS) is 16.1. The second-order valence-electron chi connectivity index (χ2n) is 5.99. The molecule has 2 heterocycles. The molecular formula is C18H23N3O. The van der Waals surface area contributed by atoms with E-state index in [1.807, 2.05) is 23.2 Å². The molecule has 1 aromatic carbocycles. The maximum Gasteiger partial charge on any atom is 0.219 e. The molecule has 0 aliphatic carbocycles. The Morgan fingerprint density at radius 2 is 1.95 bits per heavy atom. The van der Waals surface area contributed by atoms with Crippen molar-refractivity contribution in [3.8, 4) is 0 Å². The molecule has 0 saturated carbocycles. The summed E-state index contributed by atoms with van der Waals surface area (Å²) < 4.78 is 0. The van der Waals surface area contributed by atoms with Crippen molar-refractivity contribution in [2.24, 2.45) is 0 Å². The Balaban J connectivity index is 1.47. The fourth-order valence-corrected chi connectivity index (χ4v) is 3.05. The number of aryl methyl sites for hydroxylation is 1. The van der Waals surface area contributed by atoms with Crippen LogP contribution in [0.4, 0.5) is 0 Å². The summed E-state index contributed by atoms with van der Waals surface area (Å²) in [5, 5.41) is 1.22. The topological polar surface area (TPSA) is 36.4 Å². The summed E-state index contributed by atoms with van der Waals surface area (Å²) in [7, 11) is 0. The number of hydrogen-bond donors (Lipinski definition) is 0. The van der Waals surface area contributed by atoms with Crippen LogP contribution in [0.5, 0.6) is 0 Å². The number of aromatic nitrogens is 1. The van der Waals surface area contributed by atoms with E-state index >= 15 is 0 Å². The quantitative estimate of drug-likeness (QED) is 0.869. The van der Waals surface area contributed by atoms with Crippen LogP contribution in [0.15, 0.2) is 36.5 Å². The number of nitrogens with zero attached hydrogens (tertiary/aromatic N) is 3. The minimum absolute atomic E-state index is 0.196. The van der Waals surface area contributed by atoms with Crippen molar-refractivity contribution in [3.63, 3.8) is 0 Å². The Bertz CT molecular complexity index is 648. The molecule has 22 heavy (non-hydrogen) atoms. The summed E-state index contributed by atoms with van der Waals surface area (Å²) in [5.74, 6) is 0.196. The highest BCUT2D eigenvalue weighted by Gasteiger charge is 2.17. The second kappa shape index (κ2) is 6.88. The first-order valence-corrected chi connectivity index (χ1v) is 8.04. The van der Waals surface area contributed by atoms with Gasteiger partial charge in [0.15, 0.2) is 0 Å². The maximum absolute atomic E-state index is 11.3. The van der Waals surface area contributed by atoms with Crippen LogP contribution in [0.2, 0.25) is 0 Å². The Morgan fingerprint density at radius 1 is 1.18 bits per heavy atom. The van der Waals surface area contributed by atoms with Crippen LogP contribution in [0.3, 0.4) is 0 Å². The molecule has 0 unspecified atom stereocenters. The first kappa shape index (κ1) is 15.0. The van der Waals surface area contributed by atoms with Gasteiger partial charge in [-0.3, -0.25) is 14.7 Å². The summed E-state index contributed by atoms with van der Waals surface area (Å²) in [5.41, 5.74) is 2.37. The summed E-state index contributed by atoms with van der Waals surface area (Å²) in [6.45, 7) is 6.48. The summed E-state index contributed by atoms with van der Waals surface area (Å²) in [4.78, 5) is 20.2. The number of amides is 1. The molecule has 1 aromatic heterocycles. The lowest BCUT2D eigenvalue weighted by atomic mass is 10.1. The zero-order valence-electron chi connectivity index (χ0n) is 13.2. The molecule has 0 bridgehead atoms. The van der Waals surface area contributed by atoms with Crippen molar-refractivity contribution < 1.29 is 4.79 Å². The third kappa shape index (κ3) is 3.63. The number of hydrogen-bond acceptors (Lipinski definition) is 3. The smallest absolute Gasteiger partial charge is 0.219 e. The standard InChI is InChI=1S/C18H23N3O/c1-15(22)21-11-9-20(10-12-21)8-4-5-16-13-17-6-2-3-7-18(17)19-14-16/h2-3,6-7,13-14H,4-5,8-12H2,1H3. The Morgan fingerprint density at radius 3 is 2.73 bits per heavy atom. The van der Waals surface area contributed by atoms with Crippen LogP contribution < -0.4 is 0 Å². The first-order chi connectivity index (χ1) is 10.7. The lowest BCUT2D eigenvalue weighted by molar-refractivity contribution is -0.130. The number of benzene rings is 1. The molecule has 4 nitrogen and oxygen atoms in total. The van der Waals surface area contributed by atoms with E-state index < -0.39 is 0 Å². The van der Waals surface area contributed by atoms with Gasteiger partial charge in [0.1, 0.15) is 0 Å². The van der Waals surface area contributed by atoms with E-state index in [0.29, 0.717) is 0 Å². The van der Waals surface area contributed by atoms with Crippen molar-refractivity contribution in [2.45, 2.75) is 19.8 Å². The third-order valence-corrected chi connectivity index (χ3v) is 4.40. The minimum Gasteiger partial charge on any atom is -0.340 e. The van der Waals surface area contributed by atoms with Gasteiger partial charge in [0.25, 0.3) is 0 Å². The van der Waals surface area contributed by atoms with Crippen molar-refractivity contribution in [1.82, 2.24) is 14.8 Å². The zero-order valence-corrected chi connectivity index (χ0v) is 13.2. The van der Waals surface area contributed by atoms with E-state index in [4.69, 9.17) is 0 Å². The average molecular weight is 297 g/mol. The van der Waals surface area contributed by atoms with Crippen molar-refractivity contribution in [2.75, 3.05) is 32.7 Å². The molecule has 2 aromatic rings. The number of carbonyl (C=O) groups is 1. The summed E-state index contributed by atoms with van der Waals surface area (Å²) in [6.07, 6.45) is 4.20. The Kier molecular flexibility index (Phi) is 4.68. The maximum atomic E-state index is 11.3. The van der Waals surface area contributed by atoms with Crippen LogP contribution >= 0.6 is 0 Å². The van der Waals surface area contributed by atoms with E-state index in [-0.39, 0.29) is 5.91 Å². The summed E-state index contributed by atoms with van der Waals surface area (Å²) in [6, 6.07) is 10.5. The van der Waals surface area contributed by atoms with Gasteiger partial charge in [0.05, 0.1) is 5.52 Å². The largest absolute Gasteiger partial charge is 0.340 e. The van der Waals surface area contributed by atoms with E-state index in [9.17, 15) is 4.79 Å². The van der Waals surface area contributed by atoms with Gasteiger partial charge >= 0.3 is 0 Å². The van der Waals surface area contributed by atoms with Crippen molar-refractivity contribution in [1.29, 1.82) is 0 Å². The number of pyridine rings is 1.